The number of rotatable bonds is 5. The van der Waals surface area contributed by atoms with Crippen molar-refractivity contribution in [2.75, 3.05) is 13.1 Å². The lowest BCUT2D eigenvalue weighted by Crippen LogP contribution is -2.43. The minimum absolute atomic E-state index is 0.0191. The Balaban J connectivity index is 3.07. The molecule has 0 heterocycles. The smallest absolute Gasteiger partial charge is 0.258 e. The number of hydrogen-bond acceptors (Lipinski definition) is 4. The van der Waals surface area contributed by atoms with Gasteiger partial charge in [0, 0.05) is 3.57 Å². The van der Waals surface area contributed by atoms with Crippen LogP contribution in [0, 0.1) is 3.57 Å². The number of amides is 3. The second kappa shape index (κ2) is 6.36. The van der Waals surface area contributed by atoms with Crippen LogP contribution in [0.1, 0.15) is 10.4 Å². The number of carbonyl (C=O) groups excluding carboxylic acids is 3. The summed E-state index contributed by atoms with van der Waals surface area (Å²) in [5.74, 6) is -2.49. The van der Waals surface area contributed by atoms with Gasteiger partial charge >= 0.3 is 0 Å². The second-order valence-corrected chi connectivity index (χ2v) is 5.00. The number of aromatic hydroxyl groups is 1. The summed E-state index contributed by atoms with van der Waals surface area (Å²) in [5, 5.41) is 9.64. The third-order valence-corrected chi connectivity index (χ3v) is 2.84. The van der Waals surface area contributed by atoms with E-state index in [-0.39, 0.29) is 11.3 Å². The molecule has 1 aromatic carbocycles. The molecular formula is C11H12IN3O4. The minimum atomic E-state index is -0.778. The Hall–Kier alpha value is -1.84. The molecule has 102 valence electrons. The molecule has 0 saturated carbocycles. The number of benzene rings is 1. The Labute approximate surface area is 122 Å². The Kier molecular flexibility index (Phi) is 5.10. The van der Waals surface area contributed by atoms with Crippen molar-refractivity contribution in [1.82, 2.24) is 4.90 Å². The fourth-order valence-corrected chi connectivity index (χ4v) is 1.92. The molecule has 0 aliphatic carbocycles. The van der Waals surface area contributed by atoms with E-state index in [9.17, 15) is 19.5 Å². The van der Waals surface area contributed by atoms with Gasteiger partial charge in [-0.05, 0) is 40.8 Å². The predicted octanol–water partition coefficient (Wildman–Crippen LogP) is -0.590. The molecular weight excluding hydrogens is 365 g/mol. The van der Waals surface area contributed by atoms with E-state index >= 15 is 0 Å². The van der Waals surface area contributed by atoms with E-state index in [1.807, 2.05) is 22.6 Å². The van der Waals surface area contributed by atoms with E-state index in [0.29, 0.717) is 0 Å². The molecule has 0 fully saturated rings. The van der Waals surface area contributed by atoms with Crippen molar-refractivity contribution in [2.24, 2.45) is 11.5 Å². The first-order chi connectivity index (χ1) is 8.81. The van der Waals surface area contributed by atoms with Crippen LogP contribution in [0.2, 0.25) is 0 Å². The Morgan fingerprint density at radius 2 is 1.68 bits per heavy atom. The van der Waals surface area contributed by atoms with Crippen molar-refractivity contribution in [3.8, 4) is 5.75 Å². The maximum absolute atomic E-state index is 12.1. The van der Waals surface area contributed by atoms with Crippen LogP contribution in [0.3, 0.4) is 0 Å². The summed E-state index contributed by atoms with van der Waals surface area (Å²) in [6.45, 7) is -0.903. The van der Waals surface area contributed by atoms with Gasteiger partial charge in [-0.2, -0.15) is 0 Å². The Morgan fingerprint density at radius 3 is 2.16 bits per heavy atom. The summed E-state index contributed by atoms with van der Waals surface area (Å²) >= 11 is 1.96. The van der Waals surface area contributed by atoms with Gasteiger partial charge < -0.3 is 21.5 Å². The summed E-state index contributed by atoms with van der Waals surface area (Å²) in [6.07, 6.45) is 0. The highest BCUT2D eigenvalue weighted by atomic mass is 127. The number of halogens is 1. The van der Waals surface area contributed by atoms with E-state index < -0.39 is 30.8 Å². The van der Waals surface area contributed by atoms with Gasteiger partial charge in [0.2, 0.25) is 11.8 Å². The van der Waals surface area contributed by atoms with Crippen molar-refractivity contribution >= 4 is 40.3 Å². The van der Waals surface area contributed by atoms with Gasteiger partial charge in [-0.3, -0.25) is 14.4 Å². The number of phenolic OH excluding ortho intramolecular Hbond substituents is 1. The highest BCUT2D eigenvalue weighted by molar-refractivity contribution is 14.1. The quantitative estimate of drug-likeness (QED) is 0.593. The van der Waals surface area contributed by atoms with Gasteiger partial charge in [0.25, 0.3) is 5.91 Å². The predicted molar refractivity (Wildman–Crippen MR) is 75.1 cm³/mol. The Bertz CT molecular complexity index is 517. The number of hydrogen-bond donors (Lipinski definition) is 3. The maximum atomic E-state index is 12.1. The molecule has 0 spiro atoms. The van der Waals surface area contributed by atoms with Crippen molar-refractivity contribution in [3.63, 3.8) is 0 Å². The monoisotopic (exact) mass is 377 g/mol. The molecule has 0 aromatic heterocycles. The molecule has 1 rings (SSSR count). The van der Waals surface area contributed by atoms with E-state index in [1.54, 1.807) is 6.07 Å². The van der Waals surface area contributed by atoms with Crippen molar-refractivity contribution < 1.29 is 19.5 Å². The van der Waals surface area contributed by atoms with Gasteiger partial charge in [0.1, 0.15) is 18.8 Å². The molecule has 0 radical (unpaired) electrons. The van der Waals surface area contributed by atoms with Crippen LogP contribution in [0.25, 0.3) is 0 Å². The van der Waals surface area contributed by atoms with Crippen LogP contribution >= 0.6 is 22.6 Å². The largest absolute Gasteiger partial charge is 0.507 e. The molecule has 8 heteroatoms. The van der Waals surface area contributed by atoms with Crippen LogP contribution in [0.5, 0.6) is 5.75 Å². The van der Waals surface area contributed by atoms with Crippen LogP contribution in [0.15, 0.2) is 18.2 Å². The molecule has 1 aromatic rings. The lowest BCUT2D eigenvalue weighted by atomic mass is 10.1. The lowest BCUT2D eigenvalue weighted by Gasteiger charge is -2.20. The van der Waals surface area contributed by atoms with Gasteiger partial charge in [0.05, 0.1) is 5.56 Å². The summed E-state index contributed by atoms with van der Waals surface area (Å²) < 4.78 is 0.719. The zero-order valence-corrected chi connectivity index (χ0v) is 12.0. The minimum Gasteiger partial charge on any atom is -0.507 e. The van der Waals surface area contributed by atoms with E-state index in [0.717, 1.165) is 8.47 Å². The Morgan fingerprint density at radius 1 is 1.16 bits per heavy atom. The zero-order chi connectivity index (χ0) is 14.6. The number of primary amides is 2. The van der Waals surface area contributed by atoms with Crippen LogP contribution in [0.4, 0.5) is 0 Å². The molecule has 0 unspecified atom stereocenters. The fourth-order valence-electron chi connectivity index (χ4n) is 1.43. The SMILES string of the molecule is NC(=O)CN(CC(N)=O)C(=O)c1cc(I)ccc1O. The van der Waals surface area contributed by atoms with Crippen molar-refractivity contribution in [3.05, 3.63) is 27.3 Å². The van der Waals surface area contributed by atoms with Gasteiger partial charge in [-0.1, -0.05) is 0 Å². The van der Waals surface area contributed by atoms with E-state index in [1.165, 1.54) is 12.1 Å². The molecule has 0 aliphatic heterocycles. The highest BCUT2D eigenvalue weighted by Crippen LogP contribution is 2.21. The first kappa shape index (κ1) is 15.2. The summed E-state index contributed by atoms with van der Waals surface area (Å²) in [4.78, 5) is 34.8. The van der Waals surface area contributed by atoms with Crippen molar-refractivity contribution in [1.29, 1.82) is 0 Å². The highest BCUT2D eigenvalue weighted by Gasteiger charge is 2.22. The third kappa shape index (κ3) is 4.39. The van der Waals surface area contributed by atoms with Crippen LogP contribution in [-0.2, 0) is 9.59 Å². The summed E-state index contributed by atoms with van der Waals surface area (Å²) in [6, 6.07) is 4.40. The number of carbonyl (C=O) groups is 3. The molecule has 19 heavy (non-hydrogen) atoms. The van der Waals surface area contributed by atoms with Crippen molar-refractivity contribution in [2.45, 2.75) is 0 Å². The first-order valence-corrected chi connectivity index (χ1v) is 6.23. The number of phenols is 1. The van der Waals surface area contributed by atoms with E-state index in [2.05, 4.69) is 0 Å². The summed E-state index contributed by atoms with van der Waals surface area (Å²) in [7, 11) is 0. The van der Waals surface area contributed by atoms with Gasteiger partial charge in [-0.25, -0.2) is 0 Å². The topological polar surface area (TPSA) is 127 Å². The molecule has 5 N–H and O–H groups in total. The second-order valence-electron chi connectivity index (χ2n) is 3.76. The van der Waals surface area contributed by atoms with Crippen LogP contribution in [-0.4, -0.2) is 40.8 Å². The average Bonchev–Trinajstić information content (AvgIpc) is 2.29. The number of nitrogens with zero attached hydrogens (tertiary/aromatic N) is 1. The van der Waals surface area contributed by atoms with E-state index in [4.69, 9.17) is 11.5 Å². The lowest BCUT2D eigenvalue weighted by molar-refractivity contribution is -0.121. The van der Waals surface area contributed by atoms with Gasteiger partial charge in [0.15, 0.2) is 0 Å². The molecule has 0 atom stereocenters. The van der Waals surface area contributed by atoms with Gasteiger partial charge in [-0.15, -0.1) is 0 Å². The third-order valence-electron chi connectivity index (χ3n) is 2.17. The zero-order valence-electron chi connectivity index (χ0n) is 9.80. The molecule has 3 amide bonds. The summed E-state index contributed by atoms with van der Waals surface area (Å²) in [5.41, 5.74) is 9.99. The fraction of sp³-hybridized carbons (Fsp3) is 0.182. The number of nitrogens with two attached hydrogens (primary N) is 2. The molecule has 0 saturated heterocycles. The maximum Gasteiger partial charge on any atom is 0.258 e. The average molecular weight is 377 g/mol. The normalized spacial score (nSPS) is 9.95. The van der Waals surface area contributed by atoms with Crippen LogP contribution < -0.4 is 11.5 Å². The first-order valence-electron chi connectivity index (χ1n) is 5.15. The molecule has 0 aliphatic rings. The molecule has 0 bridgehead atoms. The molecule has 7 nitrogen and oxygen atoms in total. The standard InChI is InChI=1S/C11H12IN3O4/c12-6-1-2-8(16)7(3-6)11(19)15(4-9(13)17)5-10(14)18/h1-3,16H,4-5H2,(H2,13,17)(H2,14,18).